The lowest BCUT2D eigenvalue weighted by atomic mass is 10.1. The van der Waals surface area contributed by atoms with Crippen LogP contribution in [0.3, 0.4) is 0 Å². The third kappa shape index (κ3) is 8.14. The maximum atomic E-state index is 12.5. The van der Waals surface area contributed by atoms with Gasteiger partial charge in [-0.25, -0.2) is 18.1 Å². The fourth-order valence-electron chi connectivity index (χ4n) is 3.93. The predicted octanol–water partition coefficient (Wildman–Crippen LogP) is 4.47. The van der Waals surface area contributed by atoms with Crippen LogP contribution in [0.25, 0.3) is 0 Å². The van der Waals surface area contributed by atoms with Crippen LogP contribution in [0, 0.1) is 13.8 Å². The van der Waals surface area contributed by atoms with Crippen LogP contribution in [0.1, 0.15) is 16.7 Å². The number of ether oxygens (including phenoxy) is 2. The van der Waals surface area contributed by atoms with E-state index in [1.54, 1.807) is 42.5 Å². The van der Waals surface area contributed by atoms with Gasteiger partial charge in [-0.05, 0) is 50.2 Å². The highest BCUT2D eigenvalue weighted by molar-refractivity contribution is 7.86. The Morgan fingerprint density at radius 3 is 2.14 bits per heavy atom. The molecule has 0 bridgehead atoms. The fraction of sp³-hybridized carbons (Fsp3) is 0.259. The molecule has 2 heterocycles. The number of halogens is 2. The van der Waals surface area contributed by atoms with Crippen LogP contribution < -0.4 is 0 Å². The van der Waals surface area contributed by atoms with Gasteiger partial charge < -0.3 is 14.0 Å². The number of hydrogen-bond acceptors (Lipinski definition) is 10. The summed E-state index contributed by atoms with van der Waals surface area (Å²) < 4.78 is 75.1. The molecule has 0 spiro atoms. The van der Waals surface area contributed by atoms with Crippen molar-refractivity contribution in [1.29, 1.82) is 0 Å². The first-order valence-electron chi connectivity index (χ1n) is 12.4. The van der Waals surface area contributed by atoms with Crippen LogP contribution in [-0.2, 0) is 46.2 Å². The van der Waals surface area contributed by atoms with Gasteiger partial charge in [0.05, 0.1) is 28.0 Å². The summed E-state index contributed by atoms with van der Waals surface area (Å²) in [6, 6.07) is 17.1. The summed E-state index contributed by atoms with van der Waals surface area (Å²) in [6.45, 7) is 3.71. The van der Waals surface area contributed by atoms with Crippen molar-refractivity contribution in [3.8, 4) is 0 Å². The first-order chi connectivity index (χ1) is 19.8. The van der Waals surface area contributed by atoms with E-state index in [0.29, 0.717) is 15.6 Å². The van der Waals surface area contributed by atoms with E-state index in [1.807, 2.05) is 13.8 Å². The molecule has 224 valence electrons. The van der Waals surface area contributed by atoms with Gasteiger partial charge in [-0.1, -0.05) is 64.7 Å². The Morgan fingerprint density at radius 1 is 0.976 bits per heavy atom. The van der Waals surface area contributed by atoms with Crippen LogP contribution in [-0.4, -0.2) is 55.5 Å². The molecule has 3 aromatic carbocycles. The van der Waals surface area contributed by atoms with E-state index in [4.69, 9.17) is 36.9 Å². The summed E-state index contributed by atoms with van der Waals surface area (Å²) in [7, 11) is -8.21. The zero-order valence-electron chi connectivity index (χ0n) is 22.4. The third-order valence-corrected chi connectivity index (χ3v) is 8.76. The van der Waals surface area contributed by atoms with E-state index in [1.165, 1.54) is 41.6 Å². The Balaban J connectivity index is 0.000000310. The number of benzene rings is 3. The summed E-state index contributed by atoms with van der Waals surface area (Å²) in [5.74, 6) is -1.31. The molecule has 1 fully saturated rings. The van der Waals surface area contributed by atoms with Crippen molar-refractivity contribution >= 4 is 43.4 Å². The Kier molecular flexibility index (Phi) is 10.1. The van der Waals surface area contributed by atoms with Gasteiger partial charge in [0.25, 0.3) is 10.1 Å². The summed E-state index contributed by atoms with van der Waals surface area (Å²) in [6.07, 6.45) is 2.25. The molecule has 11 nitrogen and oxygen atoms in total. The van der Waals surface area contributed by atoms with Gasteiger partial charge in [0.1, 0.15) is 35.4 Å². The zero-order valence-corrected chi connectivity index (χ0v) is 25.5. The van der Waals surface area contributed by atoms with Crippen LogP contribution >= 0.6 is 23.2 Å². The fourth-order valence-corrected chi connectivity index (χ4v) is 5.88. The van der Waals surface area contributed by atoms with Crippen LogP contribution in [0.15, 0.2) is 89.2 Å². The lowest BCUT2D eigenvalue weighted by Gasteiger charge is -2.29. The summed E-state index contributed by atoms with van der Waals surface area (Å²) in [5, 5.41) is 4.92. The SMILES string of the molecule is Cc1ccc(S(=O)(=O)OCC2COC(Cn3cncn3)(c3ccc(Cl)cc3Cl)O2)cc1.Cc1ccc(S(=O)(=O)[O-])cc1. The largest absolute Gasteiger partial charge is 0.744 e. The Bertz CT molecular complexity index is 1720. The van der Waals surface area contributed by atoms with E-state index < -0.39 is 32.1 Å². The van der Waals surface area contributed by atoms with Crippen molar-refractivity contribution in [2.45, 2.75) is 42.1 Å². The topological polar surface area (TPSA) is 150 Å². The van der Waals surface area contributed by atoms with Crippen molar-refractivity contribution in [2.24, 2.45) is 0 Å². The van der Waals surface area contributed by atoms with Crippen molar-refractivity contribution in [3.05, 3.63) is 106 Å². The molecule has 1 aromatic heterocycles. The average Bonchev–Trinajstić information content (AvgIpc) is 3.59. The summed E-state index contributed by atoms with van der Waals surface area (Å²) in [4.78, 5) is 3.83. The molecular weight excluding hydrogens is 629 g/mol. The Morgan fingerprint density at radius 2 is 1.60 bits per heavy atom. The van der Waals surface area contributed by atoms with E-state index in [9.17, 15) is 21.4 Å². The highest BCUT2D eigenvalue weighted by Crippen LogP contribution is 2.40. The molecule has 2 atom stereocenters. The second-order valence-corrected chi connectivity index (χ2v) is 13.2. The smallest absolute Gasteiger partial charge is 0.297 e. The van der Waals surface area contributed by atoms with E-state index >= 15 is 0 Å². The van der Waals surface area contributed by atoms with Gasteiger partial charge in [-0.3, -0.25) is 4.18 Å². The molecule has 0 radical (unpaired) electrons. The van der Waals surface area contributed by atoms with Gasteiger partial charge in [-0.2, -0.15) is 13.5 Å². The monoisotopic (exact) mass is 654 g/mol. The van der Waals surface area contributed by atoms with Gasteiger partial charge in [0.2, 0.25) is 5.79 Å². The average molecular weight is 656 g/mol. The molecule has 15 heteroatoms. The quantitative estimate of drug-likeness (QED) is 0.197. The molecule has 1 aliphatic rings. The first kappa shape index (κ1) is 32.0. The minimum absolute atomic E-state index is 0.0756. The van der Waals surface area contributed by atoms with E-state index in [2.05, 4.69) is 10.1 Å². The zero-order chi connectivity index (χ0) is 30.5. The maximum absolute atomic E-state index is 12.5. The molecule has 42 heavy (non-hydrogen) atoms. The van der Waals surface area contributed by atoms with Crippen molar-refractivity contribution in [2.75, 3.05) is 13.2 Å². The molecule has 0 aliphatic carbocycles. The maximum Gasteiger partial charge on any atom is 0.297 e. The van der Waals surface area contributed by atoms with E-state index in [0.717, 1.165) is 11.1 Å². The summed E-state index contributed by atoms with van der Waals surface area (Å²) in [5.41, 5.74) is 2.42. The standard InChI is InChI=1S/C20H19Cl2N3O5S.C7H8O3S/c1-14-2-5-17(6-3-14)31(26,27)29-10-16-9-28-20(30-16,11-25-13-23-12-24-25)18-7-4-15(21)8-19(18)22;1-6-2-4-7(5-3-6)11(8,9)10/h2-8,12-13,16H,9-11H2,1H3;2-5H,1H3,(H,8,9,10)/p-1. The molecule has 5 rings (SSSR count). The van der Waals surface area contributed by atoms with Gasteiger partial charge >= 0.3 is 0 Å². The van der Waals surface area contributed by atoms with Crippen LogP contribution in [0.5, 0.6) is 0 Å². The van der Waals surface area contributed by atoms with Crippen LogP contribution in [0.2, 0.25) is 10.0 Å². The molecule has 1 aliphatic heterocycles. The normalized spacial score (nSPS) is 18.8. The number of aromatic nitrogens is 3. The number of nitrogens with zero attached hydrogens (tertiary/aromatic N) is 3. The number of hydrogen-bond donors (Lipinski definition) is 0. The lowest BCUT2D eigenvalue weighted by molar-refractivity contribution is -0.190. The second-order valence-electron chi connectivity index (χ2n) is 9.34. The van der Waals surface area contributed by atoms with Gasteiger partial charge in [0.15, 0.2) is 0 Å². The molecule has 4 aromatic rings. The van der Waals surface area contributed by atoms with Crippen molar-refractivity contribution in [3.63, 3.8) is 0 Å². The molecule has 1 saturated heterocycles. The second kappa shape index (κ2) is 13.2. The number of rotatable bonds is 8. The minimum atomic E-state index is -4.27. The highest BCUT2D eigenvalue weighted by atomic mass is 35.5. The molecule has 0 N–H and O–H groups in total. The Labute approximate surface area is 253 Å². The molecule has 2 unspecified atom stereocenters. The van der Waals surface area contributed by atoms with Gasteiger partial charge in [-0.15, -0.1) is 0 Å². The first-order valence-corrected chi connectivity index (χ1v) is 15.9. The van der Waals surface area contributed by atoms with Crippen molar-refractivity contribution in [1.82, 2.24) is 14.8 Å². The minimum Gasteiger partial charge on any atom is -0.744 e. The molecular formula is C27H26Cl2N3O8S2-. The Hall–Kier alpha value is -2.88. The summed E-state index contributed by atoms with van der Waals surface area (Å²) >= 11 is 12.4. The van der Waals surface area contributed by atoms with Gasteiger partial charge in [0, 0.05) is 10.6 Å². The molecule has 0 amide bonds. The molecule has 0 saturated carbocycles. The van der Waals surface area contributed by atoms with Crippen molar-refractivity contribution < 1.29 is 35.0 Å². The highest BCUT2D eigenvalue weighted by Gasteiger charge is 2.46. The van der Waals surface area contributed by atoms with Crippen LogP contribution in [0.4, 0.5) is 0 Å². The predicted molar refractivity (Wildman–Crippen MR) is 152 cm³/mol. The third-order valence-electron chi connectivity index (χ3n) is 6.07. The number of aryl methyl sites for hydroxylation is 2. The van der Waals surface area contributed by atoms with E-state index in [-0.39, 0.29) is 29.5 Å². The lowest BCUT2D eigenvalue weighted by Crippen LogP contribution is -2.35.